The van der Waals surface area contributed by atoms with E-state index in [4.69, 9.17) is 0 Å². The first-order chi connectivity index (χ1) is 10.2. The zero-order chi connectivity index (χ0) is 16.5. The molecule has 2 aromatic rings. The largest absolute Gasteiger partial charge is 0.309 e. The second-order valence-electron chi connectivity index (χ2n) is 4.72. The molecule has 0 unspecified atom stereocenters. The second kappa shape index (κ2) is 5.80. The van der Waals surface area contributed by atoms with Gasteiger partial charge < -0.3 is 0 Å². The van der Waals surface area contributed by atoms with Gasteiger partial charge in [0, 0.05) is 6.07 Å². The predicted octanol–water partition coefficient (Wildman–Crippen LogP) is 3.16. The molecule has 0 spiro atoms. The third kappa shape index (κ3) is 3.28. The Morgan fingerprint density at radius 1 is 1.14 bits per heavy atom. The quantitative estimate of drug-likeness (QED) is 0.638. The summed E-state index contributed by atoms with van der Waals surface area (Å²) in [6, 6.07) is 6.81. The van der Waals surface area contributed by atoms with Crippen LogP contribution in [-0.4, -0.2) is 13.3 Å². The first-order valence-electron chi connectivity index (χ1n) is 6.12. The highest BCUT2D eigenvalue weighted by Crippen LogP contribution is 2.28. The van der Waals surface area contributed by atoms with Crippen molar-refractivity contribution >= 4 is 15.5 Å². The summed E-state index contributed by atoms with van der Waals surface area (Å²) in [5.74, 6) is -3.34. The van der Waals surface area contributed by atoms with Crippen molar-refractivity contribution in [2.75, 3.05) is 0 Å². The van der Waals surface area contributed by atoms with Crippen molar-refractivity contribution in [1.82, 2.24) is 0 Å². The Bertz CT molecular complexity index is 833. The van der Waals surface area contributed by atoms with Gasteiger partial charge in [-0.25, -0.2) is 12.8 Å². The molecule has 0 aliphatic rings. The number of nitro benzene ring substituents is 1. The highest BCUT2D eigenvalue weighted by Gasteiger charge is 2.26. The van der Waals surface area contributed by atoms with Crippen LogP contribution in [0.15, 0.2) is 41.3 Å². The van der Waals surface area contributed by atoms with Crippen LogP contribution in [-0.2, 0) is 15.6 Å². The standard InChI is InChI=1S/C14H11F2NO4S/c1-9-2-4-12(5-3-9)22(20,21)8-10-6-11(15)7-13(16)14(10)17(18)19/h2-7H,8H2,1H3. The molecule has 0 atom stereocenters. The predicted molar refractivity (Wildman–Crippen MR) is 75.1 cm³/mol. The zero-order valence-electron chi connectivity index (χ0n) is 11.4. The van der Waals surface area contributed by atoms with E-state index < -0.39 is 43.4 Å². The third-order valence-electron chi connectivity index (χ3n) is 3.02. The number of sulfone groups is 1. The fourth-order valence-corrected chi connectivity index (χ4v) is 3.31. The number of rotatable bonds is 4. The highest BCUT2D eigenvalue weighted by atomic mass is 32.2. The molecular weight excluding hydrogens is 316 g/mol. The summed E-state index contributed by atoms with van der Waals surface area (Å²) < 4.78 is 51.2. The van der Waals surface area contributed by atoms with Gasteiger partial charge in [-0.15, -0.1) is 0 Å². The Morgan fingerprint density at radius 3 is 2.27 bits per heavy atom. The second-order valence-corrected chi connectivity index (χ2v) is 6.71. The molecule has 0 saturated heterocycles. The lowest BCUT2D eigenvalue weighted by Gasteiger charge is -2.07. The number of halogens is 2. The monoisotopic (exact) mass is 327 g/mol. The maximum Gasteiger partial charge on any atom is 0.309 e. The van der Waals surface area contributed by atoms with E-state index in [-0.39, 0.29) is 4.90 Å². The summed E-state index contributed by atoms with van der Waals surface area (Å²) in [7, 11) is -3.96. The van der Waals surface area contributed by atoms with E-state index in [2.05, 4.69) is 0 Å². The Labute approximate surface area is 125 Å². The lowest BCUT2D eigenvalue weighted by atomic mass is 10.2. The van der Waals surface area contributed by atoms with E-state index in [1.165, 1.54) is 12.1 Å². The van der Waals surface area contributed by atoms with Crippen molar-refractivity contribution in [3.8, 4) is 0 Å². The molecule has 0 amide bonds. The Balaban J connectivity index is 2.50. The van der Waals surface area contributed by atoms with Gasteiger partial charge in [0.15, 0.2) is 9.84 Å². The highest BCUT2D eigenvalue weighted by molar-refractivity contribution is 7.90. The van der Waals surface area contributed by atoms with Crippen LogP contribution in [0.25, 0.3) is 0 Å². The molecule has 22 heavy (non-hydrogen) atoms. The topological polar surface area (TPSA) is 77.3 Å². The molecule has 0 aliphatic carbocycles. The molecule has 5 nitrogen and oxygen atoms in total. The van der Waals surface area contributed by atoms with Gasteiger partial charge in [-0.1, -0.05) is 17.7 Å². The van der Waals surface area contributed by atoms with Gasteiger partial charge >= 0.3 is 5.69 Å². The molecule has 0 aliphatic heterocycles. The molecule has 0 heterocycles. The van der Waals surface area contributed by atoms with Crippen LogP contribution in [0.1, 0.15) is 11.1 Å². The summed E-state index contributed by atoms with van der Waals surface area (Å²) in [4.78, 5) is 9.74. The number of benzene rings is 2. The fraction of sp³-hybridized carbons (Fsp3) is 0.143. The maximum absolute atomic E-state index is 13.5. The average molecular weight is 327 g/mol. The number of nitrogens with zero attached hydrogens (tertiary/aromatic N) is 1. The van der Waals surface area contributed by atoms with Crippen molar-refractivity contribution in [3.63, 3.8) is 0 Å². The molecule has 0 aromatic heterocycles. The maximum atomic E-state index is 13.5. The molecule has 0 fully saturated rings. The van der Waals surface area contributed by atoms with E-state index in [1.54, 1.807) is 19.1 Å². The van der Waals surface area contributed by atoms with Crippen LogP contribution < -0.4 is 0 Å². The van der Waals surface area contributed by atoms with Gasteiger partial charge in [0.1, 0.15) is 5.82 Å². The van der Waals surface area contributed by atoms with Crippen molar-refractivity contribution in [2.24, 2.45) is 0 Å². The van der Waals surface area contributed by atoms with Gasteiger partial charge in [0.2, 0.25) is 5.82 Å². The van der Waals surface area contributed by atoms with Gasteiger partial charge in [-0.2, -0.15) is 4.39 Å². The minimum absolute atomic E-state index is 0.0722. The number of hydrogen-bond acceptors (Lipinski definition) is 4. The van der Waals surface area contributed by atoms with Crippen LogP contribution in [0, 0.1) is 28.7 Å². The molecule has 0 saturated carbocycles. The molecule has 8 heteroatoms. The molecule has 116 valence electrons. The Hall–Kier alpha value is -2.35. The first-order valence-corrected chi connectivity index (χ1v) is 7.77. The van der Waals surface area contributed by atoms with Crippen LogP contribution in [0.3, 0.4) is 0 Å². The molecule has 2 rings (SSSR count). The third-order valence-corrected chi connectivity index (χ3v) is 4.70. The van der Waals surface area contributed by atoms with E-state index in [9.17, 15) is 27.3 Å². The van der Waals surface area contributed by atoms with Crippen molar-refractivity contribution in [2.45, 2.75) is 17.6 Å². The van der Waals surface area contributed by atoms with E-state index >= 15 is 0 Å². The summed E-state index contributed by atoms with van der Waals surface area (Å²) >= 11 is 0. The van der Waals surface area contributed by atoms with Gasteiger partial charge in [0.05, 0.1) is 21.1 Å². The molecule has 0 N–H and O–H groups in total. The normalized spacial score (nSPS) is 11.4. The fourth-order valence-electron chi connectivity index (χ4n) is 1.97. The van der Waals surface area contributed by atoms with E-state index in [1.807, 2.05) is 0 Å². The van der Waals surface area contributed by atoms with Crippen molar-refractivity contribution < 1.29 is 22.1 Å². The minimum Gasteiger partial charge on any atom is -0.258 e. The lowest BCUT2D eigenvalue weighted by Crippen LogP contribution is -2.09. The molecular formula is C14H11F2NO4S. The van der Waals surface area contributed by atoms with Crippen LogP contribution in [0.2, 0.25) is 0 Å². The molecule has 0 radical (unpaired) electrons. The van der Waals surface area contributed by atoms with Crippen molar-refractivity contribution in [1.29, 1.82) is 0 Å². The molecule has 0 bridgehead atoms. The van der Waals surface area contributed by atoms with Crippen LogP contribution in [0.5, 0.6) is 0 Å². The lowest BCUT2D eigenvalue weighted by molar-refractivity contribution is -0.388. The minimum atomic E-state index is -3.96. The smallest absolute Gasteiger partial charge is 0.258 e. The van der Waals surface area contributed by atoms with Crippen LogP contribution in [0.4, 0.5) is 14.5 Å². The van der Waals surface area contributed by atoms with Gasteiger partial charge in [0.25, 0.3) is 0 Å². The van der Waals surface area contributed by atoms with Gasteiger partial charge in [-0.3, -0.25) is 10.1 Å². The first kappa shape index (κ1) is 16.0. The summed E-state index contributed by atoms with van der Waals surface area (Å²) in [5, 5.41) is 10.9. The van der Waals surface area contributed by atoms with E-state index in [0.29, 0.717) is 12.1 Å². The van der Waals surface area contributed by atoms with Crippen LogP contribution >= 0.6 is 0 Å². The number of aryl methyl sites for hydroxylation is 1. The van der Waals surface area contributed by atoms with Gasteiger partial charge in [-0.05, 0) is 25.1 Å². The molecule has 2 aromatic carbocycles. The van der Waals surface area contributed by atoms with E-state index in [0.717, 1.165) is 5.56 Å². The summed E-state index contributed by atoms with van der Waals surface area (Å²) in [6.45, 7) is 1.77. The Morgan fingerprint density at radius 2 is 1.73 bits per heavy atom. The summed E-state index contributed by atoms with van der Waals surface area (Å²) in [6.07, 6.45) is 0. The number of hydrogen-bond donors (Lipinski definition) is 0. The Kier molecular flexibility index (Phi) is 4.23. The average Bonchev–Trinajstić information content (AvgIpc) is 2.37. The summed E-state index contributed by atoms with van der Waals surface area (Å²) in [5.41, 5.74) is -0.720. The zero-order valence-corrected chi connectivity index (χ0v) is 12.2. The number of nitro groups is 1. The van der Waals surface area contributed by atoms with Crippen molar-refractivity contribution in [3.05, 3.63) is 69.3 Å². The SMILES string of the molecule is Cc1ccc(S(=O)(=O)Cc2cc(F)cc(F)c2[N+](=O)[O-])cc1.